The lowest BCUT2D eigenvalue weighted by molar-refractivity contribution is 0.817. The topological polar surface area (TPSA) is 29.3 Å². The molecule has 20 heavy (non-hydrogen) atoms. The highest BCUT2D eigenvalue weighted by atomic mass is 35.5. The molecule has 2 aromatic carbocycles. The van der Waals surface area contributed by atoms with E-state index >= 15 is 0 Å². The number of nitrogens with zero attached hydrogens (tertiary/aromatic N) is 1. The number of anilines is 1. The summed E-state index contributed by atoms with van der Waals surface area (Å²) >= 11 is 12.5. The van der Waals surface area contributed by atoms with Gasteiger partial charge in [0.2, 0.25) is 0 Å². The van der Waals surface area contributed by atoms with Gasteiger partial charge in [0.25, 0.3) is 0 Å². The number of nitrogens with two attached hydrogens (primary N) is 1. The molecule has 1 atom stereocenters. The van der Waals surface area contributed by atoms with Crippen molar-refractivity contribution in [1.29, 1.82) is 0 Å². The summed E-state index contributed by atoms with van der Waals surface area (Å²) in [5.41, 5.74) is 8.96. The standard InChI is InChI=1S/C16H18Cl2N2/c1-11(19)14-8-7-13(9-16(14)18)20(2)10-12-5-3-4-6-15(12)17/h3-9,11H,10,19H2,1-2H3. The van der Waals surface area contributed by atoms with Crippen LogP contribution in [0.3, 0.4) is 0 Å². The second kappa shape index (κ2) is 6.49. The third-order valence-corrected chi connectivity index (χ3v) is 3.98. The molecule has 4 heteroatoms. The number of hydrogen-bond acceptors (Lipinski definition) is 2. The zero-order valence-corrected chi connectivity index (χ0v) is 13.1. The summed E-state index contributed by atoms with van der Waals surface area (Å²) < 4.78 is 0. The van der Waals surface area contributed by atoms with E-state index in [0.29, 0.717) is 5.02 Å². The molecule has 0 radical (unpaired) electrons. The third kappa shape index (κ3) is 3.45. The van der Waals surface area contributed by atoms with Crippen molar-refractivity contribution >= 4 is 28.9 Å². The summed E-state index contributed by atoms with van der Waals surface area (Å²) in [6, 6.07) is 13.7. The highest BCUT2D eigenvalue weighted by molar-refractivity contribution is 6.32. The van der Waals surface area contributed by atoms with Crippen LogP contribution in [0.25, 0.3) is 0 Å². The van der Waals surface area contributed by atoms with Crippen molar-refractivity contribution in [3.63, 3.8) is 0 Å². The van der Waals surface area contributed by atoms with Gasteiger partial charge in [-0.1, -0.05) is 47.5 Å². The predicted molar refractivity (Wildman–Crippen MR) is 87.6 cm³/mol. The molecule has 0 aliphatic heterocycles. The minimum absolute atomic E-state index is 0.0644. The first-order chi connectivity index (χ1) is 9.49. The monoisotopic (exact) mass is 308 g/mol. The summed E-state index contributed by atoms with van der Waals surface area (Å²) in [4.78, 5) is 2.11. The molecule has 0 aliphatic rings. The predicted octanol–water partition coefficient (Wildman–Crippen LogP) is 4.65. The number of halogens is 2. The summed E-state index contributed by atoms with van der Waals surface area (Å²) in [6.07, 6.45) is 0. The lowest BCUT2D eigenvalue weighted by Gasteiger charge is -2.21. The molecule has 0 fully saturated rings. The van der Waals surface area contributed by atoms with Gasteiger partial charge in [-0.15, -0.1) is 0 Å². The molecule has 0 aliphatic carbocycles. The van der Waals surface area contributed by atoms with E-state index in [0.717, 1.165) is 28.4 Å². The van der Waals surface area contributed by atoms with Gasteiger partial charge in [0, 0.05) is 35.4 Å². The van der Waals surface area contributed by atoms with E-state index in [1.807, 2.05) is 56.4 Å². The minimum Gasteiger partial charge on any atom is -0.370 e. The largest absolute Gasteiger partial charge is 0.370 e. The lowest BCUT2D eigenvalue weighted by Crippen LogP contribution is -2.17. The smallest absolute Gasteiger partial charge is 0.0474 e. The molecule has 2 rings (SSSR count). The molecule has 0 spiro atoms. The molecule has 0 saturated carbocycles. The Labute approximate surface area is 130 Å². The van der Waals surface area contributed by atoms with Crippen LogP contribution in [0.2, 0.25) is 10.0 Å². The Hall–Kier alpha value is -1.22. The lowest BCUT2D eigenvalue weighted by atomic mass is 10.1. The van der Waals surface area contributed by atoms with E-state index in [-0.39, 0.29) is 6.04 Å². The molecule has 0 amide bonds. The van der Waals surface area contributed by atoms with Crippen molar-refractivity contribution in [2.75, 3.05) is 11.9 Å². The van der Waals surface area contributed by atoms with Crippen molar-refractivity contribution in [3.05, 3.63) is 63.6 Å². The van der Waals surface area contributed by atoms with Gasteiger partial charge in [-0.3, -0.25) is 0 Å². The average Bonchev–Trinajstić information content (AvgIpc) is 2.40. The van der Waals surface area contributed by atoms with Crippen LogP contribution >= 0.6 is 23.2 Å². The molecular weight excluding hydrogens is 291 g/mol. The summed E-state index contributed by atoms with van der Waals surface area (Å²) in [7, 11) is 2.01. The minimum atomic E-state index is -0.0644. The van der Waals surface area contributed by atoms with Crippen LogP contribution in [-0.4, -0.2) is 7.05 Å². The van der Waals surface area contributed by atoms with E-state index in [9.17, 15) is 0 Å². The van der Waals surface area contributed by atoms with Crippen molar-refractivity contribution < 1.29 is 0 Å². The maximum atomic E-state index is 6.27. The van der Waals surface area contributed by atoms with Crippen LogP contribution < -0.4 is 10.6 Å². The molecular formula is C16H18Cl2N2. The third-order valence-electron chi connectivity index (χ3n) is 3.28. The van der Waals surface area contributed by atoms with Crippen LogP contribution in [-0.2, 0) is 6.54 Å². The normalized spacial score (nSPS) is 12.2. The van der Waals surface area contributed by atoms with Crippen molar-refractivity contribution in [1.82, 2.24) is 0 Å². The Morgan fingerprint density at radius 2 is 1.80 bits per heavy atom. The van der Waals surface area contributed by atoms with Gasteiger partial charge in [0.1, 0.15) is 0 Å². The van der Waals surface area contributed by atoms with Gasteiger partial charge in [-0.2, -0.15) is 0 Å². The SMILES string of the molecule is CC(N)c1ccc(N(C)Cc2ccccc2Cl)cc1Cl. The summed E-state index contributed by atoms with van der Waals surface area (Å²) in [5.74, 6) is 0. The van der Waals surface area contributed by atoms with Crippen LogP contribution in [0.15, 0.2) is 42.5 Å². The molecule has 2 nitrogen and oxygen atoms in total. The highest BCUT2D eigenvalue weighted by Crippen LogP contribution is 2.28. The molecule has 0 bridgehead atoms. The second-order valence-electron chi connectivity index (χ2n) is 4.94. The molecule has 106 valence electrons. The summed E-state index contributed by atoms with van der Waals surface area (Å²) in [6.45, 7) is 2.65. The maximum absolute atomic E-state index is 6.27. The fourth-order valence-electron chi connectivity index (χ4n) is 2.10. The first-order valence-electron chi connectivity index (χ1n) is 6.48. The second-order valence-corrected chi connectivity index (χ2v) is 5.76. The fraction of sp³-hybridized carbons (Fsp3) is 0.250. The van der Waals surface area contributed by atoms with Crippen LogP contribution in [0.4, 0.5) is 5.69 Å². The van der Waals surface area contributed by atoms with Gasteiger partial charge >= 0.3 is 0 Å². The first-order valence-corrected chi connectivity index (χ1v) is 7.24. The highest BCUT2D eigenvalue weighted by Gasteiger charge is 2.09. The van der Waals surface area contributed by atoms with Gasteiger partial charge in [0.05, 0.1) is 0 Å². The van der Waals surface area contributed by atoms with Crippen LogP contribution in [0.1, 0.15) is 24.1 Å². The molecule has 0 heterocycles. The number of benzene rings is 2. The average molecular weight is 309 g/mol. The molecule has 1 unspecified atom stereocenters. The first kappa shape index (κ1) is 15.2. The van der Waals surface area contributed by atoms with E-state index in [1.54, 1.807) is 0 Å². The van der Waals surface area contributed by atoms with Crippen molar-refractivity contribution in [2.24, 2.45) is 5.73 Å². The van der Waals surface area contributed by atoms with Crippen molar-refractivity contribution in [2.45, 2.75) is 19.5 Å². The number of hydrogen-bond donors (Lipinski definition) is 1. The van der Waals surface area contributed by atoms with E-state index in [4.69, 9.17) is 28.9 Å². The molecule has 2 aromatic rings. The Morgan fingerprint density at radius 1 is 1.10 bits per heavy atom. The Balaban J connectivity index is 2.20. The van der Waals surface area contributed by atoms with E-state index in [1.165, 1.54) is 0 Å². The molecule has 0 saturated heterocycles. The Kier molecular flexibility index (Phi) is 4.92. The summed E-state index contributed by atoms with van der Waals surface area (Å²) in [5, 5.41) is 1.47. The van der Waals surface area contributed by atoms with E-state index in [2.05, 4.69) is 4.90 Å². The Bertz CT molecular complexity index is 597. The van der Waals surface area contributed by atoms with Gasteiger partial charge in [0.15, 0.2) is 0 Å². The molecule has 0 aromatic heterocycles. The van der Waals surface area contributed by atoms with Gasteiger partial charge in [-0.25, -0.2) is 0 Å². The van der Waals surface area contributed by atoms with E-state index < -0.39 is 0 Å². The fourth-order valence-corrected chi connectivity index (χ4v) is 2.64. The van der Waals surface area contributed by atoms with Crippen molar-refractivity contribution in [3.8, 4) is 0 Å². The maximum Gasteiger partial charge on any atom is 0.0474 e. The van der Waals surface area contributed by atoms with Crippen LogP contribution in [0.5, 0.6) is 0 Å². The zero-order valence-electron chi connectivity index (χ0n) is 11.6. The quantitative estimate of drug-likeness (QED) is 0.891. The Morgan fingerprint density at radius 3 is 2.40 bits per heavy atom. The zero-order chi connectivity index (χ0) is 14.7. The van der Waals surface area contributed by atoms with Gasteiger partial charge in [-0.05, 0) is 36.2 Å². The number of rotatable bonds is 4. The molecule has 2 N–H and O–H groups in total. The van der Waals surface area contributed by atoms with Gasteiger partial charge < -0.3 is 10.6 Å². The van der Waals surface area contributed by atoms with Crippen LogP contribution in [0, 0.1) is 0 Å².